The summed E-state index contributed by atoms with van der Waals surface area (Å²) >= 11 is 0. The Balaban J connectivity index is 1.05. The van der Waals surface area contributed by atoms with Gasteiger partial charge in [-0.3, -0.25) is 4.57 Å². The molecule has 5 heteroatoms. The zero-order valence-electron chi connectivity index (χ0n) is 37.7. The minimum atomic E-state index is -2.84. The van der Waals surface area contributed by atoms with Crippen LogP contribution in [0, 0.1) is 0 Å². The number of benzene rings is 10. The van der Waals surface area contributed by atoms with Crippen molar-refractivity contribution in [1.82, 2.24) is 19.1 Å². The molecule has 0 N–H and O–H groups in total. The molecule has 0 spiro atoms. The van der Waals surface area contributed by atoms with E-state index in [0.717, 1.165) is 61.3 Å². The maximum atomic E-state index is 5.53. The van der Waals surface area contributed by atoms with Crippen LogP contribution in [0.5, 0.6) is 0 Å². The van der Waals surface area contributed by atoms with Crippen LogP contribution in [0.4, 0.5) is 0 Å². The Morgan fingerprint density at radius 1 is 0.275 bits per heavy atom. The van der Waals surface area contributed by atoms with Crippen LogP contribution >= 0.6 is 0 Å². The zero-order valence-corrected chi connectivity index (χ0v) is 38.7. The molecular formula is C64H44N4Si. The molecule has 0 unspecified atom stereocenters. The zero-order chi connectivity index (χ0) is 45.7. The Labute approximate surface area is 401 Å². The number of aromatic nitrogens is 4. The molecule has 69 heavy (non-hydrogen) atoms. The summed E-state index contributed by atoms with van der Waals surface area (Å²) in [6, 6.07) is 96.8. The lowest BCUT2D eigenvalue weighted by Crippen LogP contribution is -2.74. The summed E-state index contributed by atoms with van der Waals surface area (Å²) in [4.78, 5) is 11.0. The van der Waals surface area contributed by atoms with Gasteiger partial charge in [-0.15, -0.1) is 0 Å². The third-order valence-corrected chi connectivity index (χ3v) is 18.7. The number of hydrogen-bond acceptors (Lipinski definition) is 2. The lowest BCUT2D eigenvalue weighted by atomic mass is 10.0. The standard InChI is InChI=1S/C64H44N4Si/c1-5-21-45(22-6-1)46-23-19-25-48(41-46)64-65-58(47-24-20-32-53(42-47)69(50-26-7-2-8-27-50,51-28-9-3-10-29-51)52-30-11-4-12-31-52)44-63(66-64)68-61-38-18-15-35-56(61)57-43-49(39-40-62(57)68)67-59-36-16-13-33-54(59)55-34-14-17-37-60(55)67/h1-44H. The van der Waals surface area contributed by atoms with Gasteiger partial charge in [-0.25, -0.2) is 9.97 Å². The van der Waals surface area contributed by atoms with Crippen molar-refractivity contribution in [3.8, 4) is 45.3 Å². The van der Waals surface area contributed by atoms with Crippen molar-refractivity contribution in [2.45, 2.75) is 0 Å². The molecular weight excluding hydrogens is 853 g/mol. The van der Waals surface area contributed by atoms with Crippen LogP contribution in [-0.2, 0) is 0 Å². The summed E-state index contributed by atoms with van der Waals surface area (Å²) in [5.41, 5.74) is 10.7. The number of nitrogens with zero attached hydrogens (tertiary/aromatic N) is 4. The summed E-state index contributed by atoms with van der Waals surface area (Å²) < 4.78 is 4.73. The van der Waals surface area contributed by atoms with E-state index in [0.29, 0.717) is 5.82 Å². The second-order valence-corrected chi connectivity index (χ2v) is 21.5. The average Bonchev–Trinajstić information content (AvgIpc) is 3.95. The van der Waals surface area contributed by atoms with E-state index in [1.165, 1.54) is 42.6 Å². The van der Waals surface area contributed by atoms with E-state index >= 15 is 0 Å². The molecule has 0 atom stereocenters. The monoisotopic (exact) mass is 896 g/mol. The highest BCUT2D eigenvalue weighted by molar-refractivity contribution is 7.19. The first-order valence-electron chi connectivity index (χ1n) is 23.6. The Kier molecular flexibility index (Phi) is 9.81. The number of para-hydroxylation sites is 3. The van der Waals surface area contributed by atoms with Crippen molar-refractivity contribution >= 4 is 72.4 Å². The second-order valence-electron chi connectivity index (χ2n) is 17.7. The van der Waals surface area contributed by atoms with Crippen molar-refractivity contribution in [3.05, 3.63) is 267 Å². The lowest BCUT2D eigenvalue weighted by molar-refractivity contribution is 1.05. The first-order valence-corrected chi connectivity index (χ1v) is 25.6. The van der Waals surface area contributed by atoms with Gasteiger partial charge in [-0.05, 0) is 74.3 Å². The van der Waals surface area contributed by atoms with Crippen LogP contribution in [0.15, 0.2) is 267 Å². The van der Waals surface area contributed by atoms with E-state index in [1.807, 2.05) is 0 Å². The molecule has 0 aliphatic carbocycles. The van der Waals surface area contributed by atoms with Crippen molar-refractivity contribution in [1.29, 1.82) is 0 Å². The van der Waals surface area contributed by atoms with E-state index in [1.54, 1.807) is 0 Å². The number of hydrogen-bond donors (Lipinski definition) is 0. The predicted octanol–water partition coefficient (Wildman–Crippen LogP) is 13.0. The molecule has 324 valence electrons. The van der Waals surface area contributed by atoms with Gasteiger partial charge in [0.05, 0.1) is 27.8 Å². The quantitative estimate of drug-likeness (QED) is 0.107. The molecule has 10 aromatic carbocycles. The molecule has 3 aromatic heterocycles. The molecule has 0 aliphatic rings. The molecule has 13 aromatic rings. The summed E-state index contributed by atoms with van der Waals surface area (Å²) in [5, 5.41) is 10.1. The maximum absolute atomic E-state index is 5.53. The van der Waals surface area contributed by atoms with Gasteiger partial charge in [0.15, 0.2) is 13.9 Å². The second kappa shape index (κ2) is 16.8. The van der Waals surface area contributed by atoms with Crippen molar-refractivity contribution in [2.75, 3.05) is 0 Å². The topological polar surface area (TPSA) is 35.6 Å². The molecule has 0 fully saturated rings. The Bertz CT molecular complexity index is 3860. The summed E-state index contributed by atoms with van der Waals surface area (Å²) in [6.07, 6.45) is 0. The first-order chi connectivity index (χ1) is 34.2. The van der Waals surface area contributed by atoms with Gasteiger partial charge in [-0.1, -0.05) is 218 Å². The fraction of sp³-hybridized carbons (Fsp3) is 0. The van der Waals surface area contributed by atoms with Crippen LogP contribution in [0.3, 0.4) is 0 Å². The van der Waals surface area contributed by atoms with E-state index in [9.17, 15) is 0 Å². The minimum Gasteiger partial charge on any atom is -0.309 e. The number of fused-ring (bicyclic) bond motifs is 6. The molecule has 0 amide bonds. The highest BCUT2D eigenvalue weighted by atomic mass is 28.3. The highest BCUT2D eigenvalue weighted by Gasteiger charge is 2.41. The predicted molar refractivity (Wildman–Crippen MR) is 291 cm³/mol. The minimum absolute atomic E-state index is 0.663. The van der Waals surface area contributed by atoms with Gasteiger partial charge in [0.2, 0.25) is 0 Å². The molecule has 3 heterocycles. The molecule has 0 saturated carbocycles. The van der Waals surface area contributed by atoms with Crippen molar-refractivity contribution in [2.24, 2.45) is 0 Å². The van der Waals surface area contributed by atoms with E-state index in [-0.39, 0.29) is 0 Å². The van der Waals surface area contributed by atoms with Gasteiger partial charge in [0.25, 0.3) is 0 Å². The van der Waals surface area contributed by atoms with Crippen LogP contribution in [0.2, 0.25) is 0 Å². The van der Waals surface area contributed by atoms with Gasteiger partial charge in [-0.2, -0.15) is 0 Å². The van der Waals surface area contributed by atoms with Gasteiger partial charge in [0.1, 0.15) is 5.82 Å². The van der Waals surface area contributed by atoms with Gasteiger partial charge in [0, 0.05) is 44.4 Å². The molecule has 0 aliphatic heterocycles. The van der Waals surface area contributed by atoms with Crippen LogP contribution in [0.1, 0.15) is 0 Å². The highest BCUT2D eigenvalue weighted by Crippen LogP contribution is 2.38. The third-order valence-electron chi connectivity index (χ3n) is 13.9. The molecule has 0 saturated heterocycles. The van der Waals surface area contributed by atoms with E-state index in [4.69, 9.17) is 9.97 Å². The smallest absolute Gasteiger partial charge is 0.179 e. The molecule has 4 nitrogen and oxygen atoms in total. The van der Waals surface area contributed by atoms with Crippen molar-refractivity contribution < 1.29 is 0 Å². The van der Waals surface area contributed by atoms with E-state index < -0.39 is 8.07 Å². The Morgan fingerprint density at radius 2 is 0.725 bits per heavy atom. The van der Waals surface area contributed by atoms with E-state index in [2.05, 4.69) is 276 Å². The fourth-order valence-corrected chi connectivity index (χ4v) is 15.6. The number of rotatable bonds is 9. The largest absolute Gasteiger partial charge is 0.309 e. The molecule has 13 rings (SSSR count). The first kappa shape index (κ1) is 40.4. The van der Waals surface area contributed by atoms with Crippen LogP contribution in [-0.4, -0.2) is 27.2 Å². The Hall–Kier alpha value is -8.90. The summed E-state index contributed by atoms with van der Waals surface area (Å²) in [5.74, 6) is 1.47. The maximum Gasteiger partial charge on any atom is 0.179 e. The summed E-state index contributed by atoms with van der Waals surface area (Å²) in [7, 11) is -2.84. The molecule has 0 radical (unpaired) electrons. The molecule has 0 bridgehead atoms. The lowest BCUT2D eigenvalue weighted by Gasteiger charge is -2.34. The Morgan fingerprint density at radius 3 is 1.33 bits per heavy atom. The third kappa shape index (κ3) is 6.74. The normalized spacial score (nSPS) is 11.8. The van der Waals surface area contributed by atoms with Gasteiger partial charge < -0.3 is 4.57 Å². The van der Waals surface area contributed by atoms with Crippen LogP contribution in [0.25, 0.3) is 88.9 Å². The SMILES string of the molecule is c1ccc(-c2cccc(-c3nc(-c4cccc([Si](c5ccccc5)(c5ccccc5)c5ccccc5)c4)cc(-n4c5ccccc5c5cc(-n6c7ccccc7c7ccccc76)ccc54)n3)c2)cc1. The average molecular weight is 897 g/mol. The fourth-order valence-electron chi connectivity index (χ4n) is 10.8. The summed E-state index contributed by atoms with van der Waals surface area (Å²) in [6.45, 7) is 0. The van der Waals surface area contributed by atoms with Gasteiger partial charge >= 0.3 is 0 Å². The van der Waals surface area contributed by atoms with Crippen molar-refractivity contribution in [3.63, 3.8) is 0 Å². The van der Waals surface area contributed by atoms with Crippen LogP contribution < -0.4 is 20.7 Å².